The zero-order valence-electron chi connectivity index (χ0n) is 14.9. The van der Waals surface area contributed by atoms with E-state index in [4.69, 9.17) is 16.6 Å². The molecular formula is C19H21ClN6. The molecule has 4 aromatic rings. The van der Waals surface area contributed by atoms with Gasteiger partial charge in [0, 0.05) is 36.5 Å². The van der Waals surface area contributed by atoms with Gasteiger partial charge < -0.3 is 9.72 Å². The summed E-state index contributed by atoms with van der Waals surface area (Å²) < 4.78 is 3.97. The summed E-state index contributed by atoms with van der Waals surface area (Å²) in [4.78, 5) is 9.10. The number of nitrogens with one attached hydrogen (secondary N) is 1. The van der Waals surface area contributed by atoms with Crippen LogP contribution in [-0.4, -0.2) is 30.5 Å². The number of imidazole rings is 1. The number of pyridine rings is 1. The van der Waals surface area contributed by atoms with Crippen LogP contribution in [0, 0.1) is 0 Å². The van der Waals surface area contributed by atoms with Crippen LogP contribution in [0.2, 0.25) is 5.15 Å². The van der Waals surface area contributed by atoms with E-state index in [9.17, 15) is 0 Å². The second-order valence-electron chi connectivity index (χ2n) is 6.23. The normalized spacial score (nSPS) is 11.5. The highest BCUT2D eigenvalue weighted by Gasteiger charge is 2.10. The van der Waals surface area contributed by atoms with Gasteiger partial charge in [0.05, 0.1) is 11.9 Å². The molecule has 0 saturated heterocycles. The molecule has 0 atom stereocenters. The first-order chi connectivity index (χ1) is 12.7. The summed E-state index contributed by atoms with van der Waals surface area (Å²) in [6.07, 6.45) is 6.63. The number of halogens is 1. The molecule has 134 valence electrons. The Bertz CT molecular complexity index is 1060. The van der Waals surface area contributed by atoms with E-state index < -0.39 is 0 Å². The number of aromatic nitrogens is 5. The van der Waals surface area contributed by atoms with Gasteiger partial charge in [0.15, 0.2) is 5.65 Å². The molecule has 0 radical (unpaired) electrons. The molecule has 0 aromatic carbocycles. The first kappa shape index (κ1) is 16.8. The number of aryl methyl sites for hydroxylation is 2. The van der Waals surface area contributed by atoms with Gasteiger partial charge in [-0.2, -0.15) is 9.61 Å². The summed E-state index contributed by atoms with van der Waals surface area (Å²) in [5.41, 5.74) is 5.21. The maximum atomic E-state index is 6.18. The number of hydrogen-bond acceptors (Lipinski definition) is 4. The molecule has 0 spiro atoms. The van der Waals surface area contributed by atoms with Gasteiger partial charge in [0.2, 0.25) is 0 Å². The summed E-state index contributed by atoms with van der Waals surface area (Å²) in [5.74, 6) is 0.845. The molecule has 0 saturated carbocycles. The lowest BCUT2D eigenvalue weighted by Crippen LogP contribution is -2.10. The van der Waals surface area contributed by atoms with Crippen molar-refractivity contribution in [3.8, 4) is 0 Å². The molecule has 0 aliphatic heterocycles. The quantitative estimate of drug-likeness (QED) is 0.526. The van der Waals surface area contributed by atoms with Gasteiger partial charge in [-0.05, 0) is 25.0 Å². The molecule has 26 heavy (non-hydrogen) atoms. The predicted octanol–water partition coefficient (Wildman–Crippen LogP) is 3.81. The highest BCUT2D eigenvalue weighted by atomic mass is 35.5. The molecule has 0 fully saturated rings. The SMILES string of the molecule is CCc1cnn2c(NCCc3cn4c(CC)cccc4n3)cc(Cl)nc12. The van der Waals surface area contributed by atoms with Crippen molar-refractivity contribution in [1.29, 1.82) is 0 Å². The fourth-order valence-corrected chi connectivity index (χ4v) is 3.38. The van der Waals surface area contributed by atoms with Gasteiger partial charge in [-0.3, -0.25) is 0 Å². The van der Waals surface area contributed by atoms with E-state index in [2.05, 4.69) is 52.0 Å². The van der Waals surface area contributed by atoms with Crippen LogP contribution in [0.5, 0.6) is 0 Å². The predicted molar refractivity (Wildman–Crippen MR) is 104 cm³/mol. The van der Waals surface area contributed by atoms with Gasteiger partial charge in [-0.25, -0.2) is 9.97 Å². The van der Waals surface area contributed by atoms with Gasteiger partial charge in [0.25, 0.3) is 0 Å². The van der Waals surface area contributed by atoms with Gasteiger partial charge in [-0.1, -0.05) is 31.5 Å². The Morgan fingerprint density at radius 2 is 2.04 bits per heavy atom. The second kappa shape index (κ2) is 6.96. The third-order valence-electron chi connectivity index (χ3n) is 4.57. The van der Waals surface area contributed by atoms with Crippen molar-refractivity contribution in [3.63, 3.8) is 0 Å². The third-order valence-corrected chi connectivity index (χ3v) is 4.76. The highest BCUT2D eigenvalue weighted by Crippen LogP contribution is 2.19. The second-order valence-corrected chi connectivity index (χ2v) is 6.62. The molecule has 0 aliphatic carbocycles. The summed E-state index contributed by atoms with van der Waals surface area (Å²) >= 11 is 6.18. The summed E-state index contributed by atoms with van der Waals surface area (Å²) in [5, 5.41) is 8.31. The molecule has 4 heterocycles. The average Bonchev–Trinajstić information content (AvgIpc) is 3.24. The number of fused-ring (bicyclic) bond motifs is 2. The molecular weight excluding hydrogens is 348 g/mol. The van der Waals surface area contributed by atoms with Crippen LogP contribution >= 0.6 is 11.6 Å². The fraction of sp³-hybridized carbons (Fsp3) is 0.316. The lowest BCUT2D eigenvalue weighted by atomic mass is 10.3. The molecule has 0 amide bonds. The first-order valence-electron chi connectivity index (χ1n) is 8.92. The number of anilines is 1. The van der Waals surface area contributed by atoms with Crippen molar-refractivity contribution in [2.75, 3.05) is 11.9 Å². The Labute approximate surface area is 156 Å². The van der Waals surface area contributed by atoms with Crippen molar-refractivity contribution in [2.45, 2.75) is 33.1 Å². The Morgan fingerprint density at radius 3 is 2.85 bits per heavy atom. The van der Waals surface area contributed by atoms with Crippen LogP contribution in [0.1, 0.15) is 30.8 Å². The summed E-state index contributed by atoms with van der Waals surface area (Å²) in [7, 11) is 0. The summed E-state index contributed by atoms with van der Waals surface area (Å²) in [6.45, 7) is 4.98. The van der Waals surface area contributed by atoms with Gasteiger partial charge in [0.1, 0.15) is 16.6 Å². The Balaban J connectivity index is 1.53. The van der Waals surface area contributed by atoms with E-state index in [0.717, 1.165) is 54.2 Å². The molecule has 7 heteroatoms. The van der Waals surface area contributed by atoms with E-state index in [-0.39, 0.29) is 0 Å². The van der Waals surface area contributed by atoms with Crippen molar-refractivity contribution < 1.29 is 0 Å². The topological polar surface area (TPSA) is 59.5 Å². The molecule has 6 nitrogen and oxygen atoms in total. The Morgan fingerprint density at radius 1 is 1.15 bits per heavy atom. The van der Waals surface area contributed by atoms with Gasteiger partial charge >= 0.3 is 0 Å². The van der Waals surface area contributed by atoms with Crippen LogP contribution in [0.25, 0.3) is 11.3 Å². The molecule has 4 rings (SSSR count). The van der Waals surface area contributed by atoms with Gasteiger partial charge in [-0.15, -0.1) is 0 Å². The number of hydrogen-bond donors (Lipinski definition) is 1. The molecule has 4 aromatic heterocycles. The largest absolute Gasteiger partial charge is 0.369 e. The van der Waals surface area contributed by atoms with E-state index in [1.165, 1.54) is 5.69 Å². The van der Waals surface area contributed by atoms with E-state index >= 15 is 0 Å². The van der Waals surface area contributed by atoms with E-state index in [1.54, 1.807) is 6.07 Å². The summed E-state index contributed by atoms with van der Waals surface area (Å²) in [6, 6.07) is 8.04. The van der Waals surface area contributed by atoms with E-state index in [0.29, 0.717) is 5.15 Å². The van der Waals surface area contributed by atoms with Crippen molar-refractivity contribution >= 4 is 28.7 Å². The highest BCUT2D eigenvalue weighted by molar-refractivity contribution is 6.29. The number of rotatable bonds is 6. The average molecular weight is 369 g/mol. The minimum absolute atomic E-state index is 0.468. The van der Waals surface area contributed by atoms with Crippen molar-refractivity contribution in [3.05, 3.63) is 58.8 Å². The maximum Gasteiger partial charge on any atom is 0.162 e. The first-order valence-corrected chi connectivity index (χ1v) is 9.30. The smallest absolute Gasteiger partial charge is 0.162 e. The zero-order valence-corrected chi connectivity index (χ0v) is 15.7. The minimum atomic E-state index is 0.468. The van der Waals surface area contributed by atoms with Crippen LogP contribution in [0.3, 0.4) is 0 Å². The molecule has 1 N–H and O–H groups in total. The van der Waals surface area contributed by atoms with Crippen LogP contribution in [0.15, 0.2) is 36.7 Å². The van der Waals surface area contributed by atoms with Crippen molar-refractivity contribution in [1.82, 2.24) is 24.0 Å². The monoisotopic (exact) mass is 368 g/mol. The maximum absolute atomic E-state index is 6.18. The Hall–Kier alpha value is -2.60. The van der Waals surface area contributed by atoms with Crippen LogP contribution in [-0.2, 0) is 19.3 Å². The Kier molecular flexibility index (Phi) is 4.51. The minimum Gasteiger partial charge on any atom is -0.369 e. The lowest BCUT2D eigenvalue weighted by molar-refractivity contribution is 0.904. The van der Waals surface area contributed by atoms with Crippen LogP contribution < -0.4 is 5.32 Å². The number of nitrogens with zero attached hydrogens (tertiary/aromatic N) is 5. The third kappa shape index (κ3) is 3.01. The standard InChI is InChI=1S/C19H21ClN6/c1-3-13-11-22-26-18(10-16(20)24-19(13)26)21-9-8-14-12-25-15(4-2)6-5-7-17(25)23-14/h5-7,10-12,21H,3-4,8-9H2,1-2H3. The van der Waals surface area contributed by atoms with Crippen molar-refractivity contribution in [2.24, 2.45) is 0 Å². The molecule has 0 unspecified atom stereocenters. The lowest BCUT2D eigenvalue weighted by Gasteiger charge is -2.08. The molecule has 0 aliphatic rings. The van der Waals surface area contributed by atoms with E-state index in [1.807, 2.05) is 16.8 Å². The zero-order chi connectivity index (χ0) is 18.1. The molecule has 0 bridgehead atoms. The van der Waals surface area contributed by atoms with Crippen LogP contribution in [0.4, 0.5) is 5.82 Å². The fourth-order valence-electron chi connectivity index (χ4n) is 3.20.